The van der Waals surface area contributed by atoms with Crippen molar-refractivity contribution in [1.82, 2.24) is 4.90 Å². The second kappa shape index (κ2) is 7.91. The molecular weight excluding hydrogens is 341 g/mol. The highest BCUT2D eigenvalue weighted by Crippen LogP contribution is 2.30. The number of likely N-dealkylation sites (tertiary alicyclic amines) is 1. The number of rotatable bonds is 4. The fourth-order valence-corrected chi connectivity index (χ4v) is 3.11. The number of nitrogens with one attached hydrogen (secondary N) is 1. The first-order valence-electron chi connectivity index (χ1n) is 8.72. The normalized spacial score (nSPS) is 15.7. The molecule has 3 nitrogen and oxygen atoms in total. The summed E-state index contributed by atoms with van der Waals surface area (Å²) in [6.45, 7) is 3.05. The molecule has 3 rings (SSSR count). The van der Waals surface area contributed by atoms with Gasteiger partial charge in [-0.15, -0.1) is 0 Å². The molecule has 26 heavy (non-hydrogen) atoms. The van der Waals surface area contributed by atoms with Crippen molar-refractivity contribution in [3.63, 3.8) is 0 Å². The van der Waals surface area contributed by atoms with Gasteiger partial charge >= 0.3 is 6.18 Å². The Balaban J connectivity index is 1.63. The van der Waals surface area contributed by atoms with E-state index in [9.17, 15) is 18.0 Å². The maximum atomic E-state index is 12.7. The third-order valence-corrected chi connectivity index (χ3v) is 4.52. The maximum absolute atomic E-state index is 12.7. The lowest BCUT2D eigenvalue weighted by molar-refractivity contribution is -0.137. The van der Waals surface area contributed by atoms with Gasteiger partial charge < -0.3 is 5.32 Å². The van der Waals surface area contributed by atoms with E-state index in [2.05, 4.69) is 10.2 Å². The quantitative estimate of drug-likeness (QED) is 0.835. The van der Waals surface area contributed by atoms with Gasteiger partial charge in [0.25, 0.3) is 5.91 Å². The summed E-state index contributed by atoms with van der Waals surface area (Å²) in [6, 6.07) is 11.8. The van der Waals surface area contributed by atoms with Crippen molar-refractivity contribution in [3.05, 3.63) is 65.2 Å². The number of hydrogen-bond donors (Lipinski definition) is 1. The standard InChI is InChI=1S/C20H21F3N2O/c21-20(22,23)17-5-4-6-18(13-17)24-19(26)16-9-7-15(8-10-16)14-25-11-2-1-3-12-25/h4-10,13H,1-3,11-12,14H2,(H,24,26). The third-order valence-electron chi connectivity index (χ3n) is 4.52. The zero-order chi connectivity index (χ0) is 18.6. The van der Waals surface area contributed by atoms with Crippen LogP contribution in [0.4, 0.5) is 18.9 Å². The van der Waals surface area contributed by atoms with Crippen LogP contribution in [0.5, 0.6) is 0 Å². The van der Waals surface area contributed by atoms with Crippen LogP contribution in [0.1, 0.15) is 40.7 Å². The maximum Gasteiger partial charge on any atom is 0.416 e. The SMILES string of the molecule is O=C(Nc1cccc(C(F)(F)F)c1)c1ccc(CN2CCCCC2)cc1. The van der Waals surface area contributed by atoms with Crippen LogP contribution in [0.15, 0.2) is 48.5 Å². The molecule has 0 radical (unpaired) electrons. The van der Waals surface area contributed by atoms with Crippen LogP contribution < -0.4 is 5.32 Å². The van der Waals surface area contributed by atoms with Crippen LogP contribution >= 0.6 is 0 Å². The molecule has 0 atom stereocenters. The minimum atomic E-state index is -4.43. The summed E-state index contributed by atoms with van der Waals surface area (Å²) in [5.74, 6) is -0.422. The molecule has 1 N–H and O–H groups in total. The average molecular weight is 362 g/mol. The first kappa shape index (κ1) is 18.5. The summed E-state index contributed by atoms with van der Waals surface area (Å²) in [6.07, 6.45) is -0.711. The van der Waals surface area contributed by atoms with Gasteiger partial charge in [-0.2, -0.15) is 13.2 Å². The molecule has 0 aromatic heterocycles. The number of amides is 1. The van der Waals surface area contributed by atoms with Gasteiger partial charge in [0.2, 0.25) is 0 Å². The number of carbonyl (C=O) groups excluding carboxylic acids is 1. The first-order chi connectivity index (χ1) is 12.4. The van der Waals surface area contributed by atoms with Crippen molar-refractivity contribution in [2.45, 2.75) is 32.0 Å². The number of nitrogens with zero attached hydrogens (tertiary/aromatic N) is 1. The highest BCUT2D eigenvalue weighted by molar-refractivity contribution is 6.04. The number of hydrogen-bond acceptors (Lipinski definition) is 2. The summed E-state index contributed by atoms with van der Waals surface area (Å²) in [5.41, 5.74) is 0.890. The second-order valence-corrected chi connectivity index (χ2v) is 6.57. The van der Waals surface area contributed by atoms with E-state index in [-0.39, 0.29) is 5.69 Å². The number of alkyl halides is 3. The van der Waals surface area contributed by atoms with E-state index in [1.807, 2.05) is 12.1 Å². The van der Waals surface area contributed by atoms with Crippen molar-refractivity contribution in [2.24, 2.45) is 0 Å². The van der Waals surface area contributed by atoms with Gasteiger partial charge in [0, 0.05) is 17.8 Å². The Morgan fingerprint density at radius 3 is 2.35 bits per heavy atom. The first-order valence-corrected chi connectivity index (χ1v) is 8.72. The van der Waals surface area contributed by atoms with Gasteiger partial charge in [-0.3, -0.25) is 9.69 Å². The van der Waals surface area contributed by atoms with Crippen LogP contribution in [-0.2, 0) is 12.7 Å². The monoisotopic (exact) mass is 362 g/mol. The summed E-state index contributed by atoms with van der Waals surface area (Å²) >= 11 is 0. The van der Waals surface area contributed by atoms with Crippen molar-refractivity contribution < 1.29 is 18.0 Å². The van der Waals surface area contributed by atoms with E-state index in [0.29, 0.717) is 5.56 Å². The molecule has 0 unspecified atom stereocenters. The van der Waals surface area contributed by atoms with Crippen molar-refractivity contribution >= 4 is 11.6 Å². The largest absolute Gasteiger partial charge is 0.416 e. The number of piperidine rings is 1. The van der Waals surface area contributed by atoms with Gasteiger partial charge in [-0.1, -0.05) is 24.6 Å². The van der Waals surface area contributed by atoms with Crippen LogP contribution in [-0.4, -0.2) is 23.9 Å². The lowest BCUT2D eigenvalue weighted by atomic mass is 10.1. The predicted molar refractivity (Wildman–Crippen MR) is 95.0 cm³/mol. The number of halogens is 3. The molecule has 1 heterocycles. The molecule has 0 aliphatic carbocycles. The molecule has 0 bridgehead atoms. The van der Waals surface area contributed by atoms with Crippen molar-refractivity contribution in [3.8, 4) is 0 Å². The molecule has 1 aliphatic rings. The Kier molecular flexibility index (Phi) is 5.61. The molecule has 1 saturated heterocycles. The fraction of sp³-hybridized carbons (Fsp3) is 0.350. The number of benzene rings is 2. The molecule has 1 aliphatic heterocycles. The summed E-state index contributed by atoms with van der Waals surface area (Å²) < 4.78 is 38.2. The minimum absolute atomic E-state index is 0.127. The van der Waals surface area contributed by atoms with E-state index in [1.165, 1.54) is 31.4 Å². The molecule has 2 aromatic carbocycles. The Hall–Kier alpha value is -2.34. The Morgan fingerprint density at radius 1 is 1.00 bits per heavy atom. The van der Waals surface area contributed by atoms with Crippen LogP contribution in [0, 0.1) is 0 Å². The topological polar surface area (TPSA) is 32.3 Å². The van der Waals surface area contributed by atoms with E-state index in [1.54, 1.807) is 12.1 Å². The molecule has 1 amide bonds. The van der Waals surface area contributed by atoms with E-state index in [4.69, 9.17) is 0 Å². The summed E-state index contributed by atoms with van der Waals surface area (Å²) in [7, 11) is 0. The highest BCUT2D eigenvalue weighted by Gasteiger charge is 2.30. The Morgan fingerprint density at radius 2 is 1.69 bits per heavy atom. The molecule has 138 valence electrons. The lowest BCUT2D eigenvalue weighted by Crippen LogP contribution is -2.29. The average Bonchev–Trinajstić information content (AvgIpc) is 2.63. The molecule has 2 aromatic rings. The lowest BCUT2D eigenvalue weighted by Gasteiger charge is -2.26. The van der Waals surface area contributed by atoms with Gasteiger partial charge in [0.1, 0.15) is 0 Å². The van der Waals surface area contributed by atoms with E-state index >= 15 is 0 Å². The molecule has 1 fully saturated rings. The smallest absolute Gasteiger partial charge is 0.322 e. The second-order valence-electron chi connectivity index (χ2n) is 6.57. The van der Waals surface area contributed by atoms with Crippen LogP contribution in [0.2, 0.25) is 0 Å². The van der Waals surface area contributed by atoms with E-state index < -0.39 is 17.6 Å². The summed E-state index contributed by atoms with van der Waals surface area (Å²) in [4.78, 5) is 14.7. The zero-order valence-electron chi connectivity index (χ0n) is 14.4. The summed E-state index contributed by atoms with van der Waals surface area (Å²) in [5, 5.41) is 2.52. The third kappa shape index (κ3) is 4.85. The van der Waals surface area contributed by atoms with Crippen molar-refractivity contribution in [2.75, 3.05) is 18.4 Å². The van der Waals surface area contributed by atoms with Gasteiger partial charge in [0.15, 0.2) is 0 Å². The van der Waals surface area contributed by atoms with Crippen LogP contribution in [0.3, 0.4) is 0 Å². The van der Waals surface area contributed by atoms with Crippen LogP contribution in [0.25, 0.3) is 0 Å². The van der Waals surface area contributed by atoms with E-state index in [0.717, 1.165) is 37.3 Å². The number of carbonyl (C=O) groups is 1. The van der Waals surface area contributed by atoms with Gasteiger partial charge in [0.05, 0.1) is 5.56 Å². The Bertz CT molecular complexity index is 750. The van der Waals surface area contributed by atoms with Crippen molar-refractivity contribution in [1.29, 1.82) is 0 Å². The van der Waals surface area contributed by atoms with Gasteiger partial charge in [-0.25, -0.2) is 0 Å². The molecule has 6 heteroatoms. The zero-order valence-corrected chi connectivity index (χ0v) is 14.4. The van der Waals surface area contributed by atoms with Gasteiger partial charge in [-0.05, 0) is 61.8 Å². The predicted octanol–water partition coefficient (Wildman–Crippen LogP) is 4.94. The minimum Gasteiger partial charge on any atom is -0.322 e. The molecular formula is C20H21F3N2O. The fourth-order valence-electron chi connectivity index (χ4n) is 3.11. The molecule has 0 spiro atoms. The highest BCUT2D eigenvalue weighted by atomic mass is 19.4. The molecule has 0 saturated carbocycles. The number of anilines is 1. The Labute approximate surface area is 150 Å².